The fraction of sp³-hybridized carbons (Fsp3) is 0.263. The van der Waals surface area contributed by atoms with Crippen LogP contribution >= 0.6 is 11.6 Å². The third-order valence-electron chi connectivity index (χ3n) is 4.87. The summed E-state index contributed by atoms with van der Waals surface area (Å²) in [7, 11) is -4.14. The summed E-state index contributed by atoms with van der Waals surface area (Å²) in [6.07, 6.45) is 0.579. The number of nitrogens with zero attached hydrogens (tertiary/aromatic N) is 2. The van der Waals surface area contributed by atoms with E-state index >= 15 is 0 Å². The summed E-state index contributed by atoms with van der Waals surface area (Å²) < 4.78 is 54.0. The van der Waals surface area contributed by atoms with Crippen molar-refractivity contribution in [1.82, 2.24) is 9.19 Å². The lowest BCUT2D eigenvalue weighted by Gasteiger charge is -2.22. The van der Waals surface area contributed by atoms with Gasteiger partial charge in [-0.3, -0.25) is 4.79 Å². The van der Waals surface area contributed by atoms with Crippen molar-refractivity contribution in [2.24, 2.45) is 0 Å². The number of carbonyl (C=O) groups is 1. The van der Waals surface area contributed by atoms with Crippen molar-refractivity contribution in [3.8, 4) is 0 Å². The van der Waals surface area contributed by atoms with Gasteiger partial charge in [-0.25, -0.2) is 8.78 Å². The van der Waals surface area contributed by atoms with Crippen LogP contribution in [-0.2, 0) is 20.7 Å². The van der Waals surface area contributed by atoms with Crippen LogP contribution in [0.4, 0.5) is 8.78 Å². The Balaban J connectivity index is 1.86. The van der Waals surface area contributed by atoms with Gasteiger partial charge in [0, 0.05) is 36.6 Å². The molecule has 0 N–H and O–H groups in total. The van der Waals surface area contributed by atoms with Crippen LogP contribution in [0.25, 0.3) is 10.9 Å². The molecule has 1 saturated carbocycles. The largest absolute Gasteiger partial charge is 0.300 e. The molecule has 4 rings (SSSR count). The van der Waals surface area contributed by atoms with Crippen molar-refractivity contribution in [2.75, 3.05) is 0 Å². The van der Waals surface area contributed by atoms with E-state index in [1.54, 1.807) is 18.2 Å². The first-order chi connectivity index (χ1) is 13.1. The number of carbonyl (C=O) groups excluding carboxylic acids is 1. The lowest BCUT2D eigenvalue weighted by atomic mass is 9.80. The molecule has 3 aromatic rings. The summed E-state index contributed by atoms with van der Waals surface area (Å²) in [6.45, 7) is 0.742. The minimum absolute atomic E-state index is 0.0821. The predicted octanol–water partition coefficient (Wildman–Crippen LogP) is 4.48. The number of rotatable bonds is 4. The van der Waals surface area contributed by atoms with Crippen LogP contribution in [0.1, 0.15) is 36.9 Å². The predicted molar refractivity (Wildman–Crippen MR) is 100 cm³/mol. The average Bonchev–Trinajstić information content (AvgIpc) is 3.00. The molecule has 0 unspecified atom stereocenters. The molecule has 1 aliphatic carbocycles. The molecule has 1 heterocycles. The molecule has 0 saturated heterocycles. The zero-order valence-corrected chi connectivity index (χ0v) is 16.3. The van der Waals surface area contributed by atoms with Gasteiger partial charge in [0.25, 0.3) is 15.9 Å². The smallest absolute Gasteiger partial charge is 0.283 e. The summed E-state index contributed by atoms with van der Waals surface area (Å²) in [5.74, 6) is -3.18. The van der Waals surface area contributed by atoms with Crippen LogP contribution in [0.2, 0.25) is 5.02 Å². The van der Waals surface area contributed by atoms with Crippen LogP contribution < -0.4 is 0 Å². The summed E-state index contributed by atoms with van der Waals surface area (Å²) in [6, 6.07) is 9.23. The molecule has 1 aliphatic rings. The minimum atomic E-state index is -4.14. The van der Waals surface area contributed by atoms with Crippen LogP contribution in [0.3, 0.4) is 0 Å². The second-order valence-electron chi connectivity index (χ2n) is 6.92. The number of Topliss-reactive ketones (excluding diaryl/α,β-unsaturated/α-hetero) is 1. The molecule has 28 heavy (non-hydrogen) atoms. The van der Waals surface area contributed by atoms with E-state index < -0.39 is 15.9 Å². The van der Waals surface area contributed by atoms with Gasteiger partial charge in [-0.15, -0.1) is 0 Å². The second kappa shape index (κ2) is 6.35. The Morgan fingerprint density at radius 2 is 1.79 bits per heavy atom. The molecule has 1 fully saturated rings. The van der Waals surface area contributed by atoms with Gasteiger partial charge >= 0.3 is 0 Å². The normalized spacial score (nSPS) is 15.8. The highest BCUT2D eigenvalue weighted by Gasteiger charge is 2.34. The first-order valence-corrected chi connectivity index (χ1v) is 10.3. The van der Waals surface area contributed by atoms with Gasteiger partial charge < -0.3 is 0 Å². The van der Waals surface area contributed by atoms with Gasteiger partial charge in [0.15, 0.2) is 0 Å². The maximum absolute atomic E-state index is 13.4. The molecule has 0 amide bonds. The molecule has 0 radical (unpaired) electrons. The highest BCUT2D eigenvalue weighted by Crippen LogP contribution is 2.40. The minimum Gasteiger partial charge on any atom is -0.300 e. The first kappa shape index (κ1) is 19.0. The van der Waals surface area contributed by atoms with E-state index in [0.29, 0.717) is 16.1 Å². The molecule has 0 spiro atoms. The molecule has 5 nitrogen and oxygen atoms in total. The van der Waals surface area contributed by atoms with Gasteiger partial charge in [-0.05, 0) is 24.3 Å². The lowest BCUT2D eigenvalue weighted by molar-refractivity contribution is -0.124. The number of alkyl halides is 2. The number of hydrogen-bond donors (Lipinski definition) is 0. The third kappa shape index (κ3) is 3.00. The van der Waals surface area contributed by atoms with E-state index in [0.717, 1.165) is 35.3 Å². The molecule has 0 aliphatic heterocycles. The van der Waals surface area contributed by atoms with Crippen molar-refractivity contribution in [2.45, 2.75) is 36.5 Å². The molecule has 1 aromatic heterocycles. The molecule has 0 bridgehead atoms. The first-order valence-electron chi connectivity index (χ1n) is 8.52. The monoisotopic (exact) mass is 424 g/mol. The van der Waals surface area contributed by atoms with Crippen molar-refractivity contribution in [3.63, 3.8) is 0 Å². The summed E-state index contributed by atoms with van der Waals surface area (Å²) in [5.41, 5.74) is 0.459. The second-order valence-corrected chi connectivity index (χ2v) is 9.10. The lowest BCUT2D eigenvalue weighted by Crippen LogP contribution is -2.22. The third-order valence-corrected chi connectivity index (χ3v) is 6.79. The number of fused-ring (bicyclic) bond motifs is 1. The zero-order chi connectivity index (χ0) is 20.3. The van der Waals surface area contributed by atoms with E-state index in [1.165, 1.54) is 0 Å². The van der Waals surface area contributed by atoms with E-state index in [-0.39, 0.29) is 40.5 Å². The number of aromatic nitrogens is 2. The Morgan fingerprint density at radius 1 is 1.14 bits per heavy atom. The maximum Gasteiger partial charge on any atom is 0.283 e. The molecule has 2 aromatic carbocycles. The standard InChI is InChI=1S/C19H15ClF2N2O3S/c1-19(21,22)12-5-7-14(8-6-12)28(26,27)24-16-4-2-3-15(20)17(16)18(23-24)11-9-13(25)10-11/h2-8,11H,9-10H2,1H3. The van der Waals surface area contributed by atoms with Crippen LogP contribution in [0, 0.1) is 0 Å². The van der Waals surface area contributed by atoms with Gasteiger partial charge in [0.2, 0.25) is 0 Å². The van der Waals surface area contributed by atoms with Gasteiger partial charge in [-0.1, -0.05) is 29.8 Å². The number of hydrogen-bond acceptors (Lipinski definition) is 4. The van der Waals surface area contributed by atoms with Gasteiger partial charge in [-0.2, -0.15) is 17.6 Å². The number of ketones is 1. The van der Waals surface area contributed by atoms with Crippen LogP contribution in [0.5, 0.6) is 0 Å². The Kier molecular flexibility index (Phi) is 4.31. The fourth-order valence-corrected chi connectivity index (χ4v) is 4.85. The quantitative estimate of drug-likeness (QED) is 0.619. The van der Waals surface area contributed by atoms with Gasteiger partial charge in [0.05, 0.1) is 21.1 Å². The Morgan fingerprint density at radius 3 is 2.36 bits per heavy atom. The highest BCUT2D eigenvalue weighted by atomic mass is 35.5. The number of benzene rings is 2. The Labute approximate surface area is 165 Å². The van der Waals surface area contributed by atoms with E-state index in [2.05, 4.69) is 5.10 Å². The van der Waals surface area contributed by atoms with E-state index in [4.69, 9.17) is 11.6 Å². The van der Waals surface area contributed by atoms with Crippen LogP contribution in [0.15, 0.2) is 47.4 Å². The van der Waals surface area contributed by atoms with Crippen molar-refractivity contribution >= 4 is 38.3 Å². The van der Waals surface area contributed by atoms with E-state index in [9.17, 15) is 22.0 Å². The van der Waals surface area contributed by atoms with Crippen molar-refractivity contribution < 1.29 is 22.0 Å². The Hall–Kier alpha value is -2.32. The SMILES string of the molecule is CC(F)(F)c1ccc(S(=O)(=O)n2nc(C3CC(=O)C3)c3c(Cl)cccc32)cc1. The summed E-state index contributed by atoms with van der Waals surface area (Å²) in [5, 5.41) is 5.10. The summed E-state index contributed by atoms with van der Waals surface area (Å²) >= 11 is 6.29. The molecular formula is C19H15ClF2N2O3S. The average molecular weight is 425 g/mol. The van der Waals surface area contributed by atoms with Crippen LogP contribution in [-0.4, -0.2) is 23.4 Å². The Bertz CT molecular complexity index is 1190. The molecule has 9 heteroatoms. The fourth-order valence-electron chi connectivity index (χ4n) is 3.30. The van der Waals surface area contributed by atoms with E-state index in [1.807, 2.05) is 0 Å². The molecule has 0 atom stereocenters. The number of halogens is 3. The van der Waals surface area contributed by atoms with Crippen molar-refractivity contribution in [3.05, 3.63) is 58.7 Å². The molecular weight excluding hydrogens is 410 g/mol. The molecule has 146 valence electrons. The summed E-state index contributed by atoms with van der Waals surface area (Å²) in [4.78, 5) is 11.2. The zero-order valence-electron chi connectivity index (χ0n) is 14.7. The highest BCUT2D eigenvalue weighted by molar-refractivity contribution is 7.90. The van der Waals surface area contributed by atoms with Crippen molar-refractivity contribution in [1.29, 1.82) is 0 Å². The van der Waals surface area contributed by atoms with Gasteiger partial charge in [0.1, 0.15) is 5.78 Å². The maximum atomic E-state index is 13.4. The topological polar surface area (TPSA) is 69.0 Å².